The molecule has 226 valence electrons. The van der Waals surface area contributed by atoms with Gasteiger partial charge in [0.2, 0.25) is 11.8 Å². The maximum atomic E-state index is 13.9. The van der Waals surface area contributed by atoms with Gasteiger partial charge in [-0.05, 0) is 42.0 Å². The third kappa shape index (κ3) is 7.66. The molecule has 42 heavy (non-hydrogen) atoms. The predicted molar refractivity (Wildman–Crippen MR) is 158 cm³/mol. The Bertz CT molecular complexity index is 1250. The zero-order chi connectivity index (χ0) is 29.7. The lowest BCUT2D eigenvalue weighted by Crippen LogP contribution is -2.62. The number of benzene rings is 1. The topological polar surface area (TPSA) is 113 Å². The lowest BCUT2D eigenvalue weighted by Gasteiger charge is -2.42. The first-order valence-electron chi connectivity index (χ1n) is 15.0. The summed E-state index contributed by atoms with van der Waals surface area (Å²) < 4.78 is 12.6. The minimum Gasteiger partial charge on any atom is -0.493 e. The van der Waals surface area contributed by atoms with Crippen molar-refractivity contribution >= 4 is 17.7 Å². The van der Waals surface area contributed by atoms with Crippen LogP contribution in [0.4, 0.5) is 0 Å². The summed E-state index contributed by atoms with van der Waals surface area (Å²) >= 11 is 0. The second kappa shape index (κ2) is 13.2. The van der Waals surface area contributed by atoms with E-state index in [1.165, 1.54) is 0 Å². The van der Waals surface area contributed by atoms with E-state index in [2.05, 4.69) is 20.5 Å². The number of fused-ring (bicyclic) bond motifs is 4. The van der Waals surface area contributed by atoms with E-state index in [4.69, 9.17) is 9.47 Å². The molecule has 0 aliphatic carbocycles. The maximum absolute atomic E-state index is 13.9. The van der Waals surface area contributed by atoms with E-state index in [0.29, 0.717) is 56.9 Å². The molecule has 3 amide bonds. The largest absolute Gasteiger partial charge is 0.493 e. The Morgan fingerprint density at radius 2 is 1.93 bits per heavy atom. The molecule has 0 unspecified atom stereocenters. The predicted octanol–water partition coefficient (Wildman–Crippen LogP) is 2.78. The Kier molecular flexibility index (Phi) is 9.43. The van der Waals surface area contributed by atoms with Gasteiger partial charge in [-0.1, -0.05) is 39.0 Å². The van der Waals surface area contributed by atoms with E-state index in [0.717, 1.165) is 18.4 Å². The number of hydrogen-bond acceptors (Lipinski definition) is 7. The summed E-state index contributed by atoms with van der Waals surface area (Å²) in [6, 6.07) is 10.2. The van der Waals surface area contributed by atoms with Crippen molar-refractivity contribution in [1.82, 2.24) is 25.4 Å². The van der Waals surface area contributed by atoms with Crippen molar-refractivity contribution in [2.24, 2.45) is 5.41 Å². The number of carbonyl (C=O) groups is 3. The van der Waals surface area contributed by atoms with Gasteiger partial charge in [0.1, 0.15) is 11.8 Å². The van der Waals surface area contributed by atoms with Gasteiger partial charge >= 0.3 is 0 Å². The molecule has 5 rings (SSSR count). The summed E-state index contributed by atoms with van der Waals surface area (Å²) in [4.78, 5) is 48.6. The lowest BCUT2D eigenvalue weighted by atomic mass is 9.91. The summed E-state index contributed by atoms with van der Waals surface area (Å²) in [6.45, 7) is 8.80. The van der Waals surface area contributed by atoms with Crippen LogP contribution in [0.15, 0.2) is 48.8 Å². The fourth-order valence-corrected chi connectivity index (χ4v) is 6.01. The van der Waals surface area contributed by atoms with E-state index in [9.17, 15) is 14.4 Å². The zero-order valence-corrected chi connectivity index (χ0v) is 24.9. The van der Waals surface area contributed by atoms with Crippen molar-refractivity contribution in [3.63, 3.8) is 0 Å². The van der Waals surface area contributed by atoms with Crippen LogP contribution in [0.1, 0.15) is 62.4 Å². The standard InChI is InChI=1S/C32H43N5O5/c1-32(2,3)17-29(38)35-25-11-10-23-12-16-41-27-9-5-4-8-24(27)31(40)37-15-14-36(20-22-7-6-13-33-18-22)21-26(37)30(39)34-19-28(25)42-23/h4-9,13,18,23,25-26,28H,10-12,14-17,19-21H2,1-3H3,(H,34,39)(H,35,38)/t23-,25+,26-,28+/m0/s1. The highest BCUT2D eigenvalue weighted by Gasteiger charge is 2.39. The third-order valence-electron chi connectivity index (χ3n) is 8.10. The number of hydrogen-bond donors (Lipinski definition) is 2. The Balaban J connectivity index is 1.38. The molecular weight excluding hydrogens is 534 g/mol. The first kappa shape index (κ1) is 30.0. The number of nitrogens with zero attached hydrogens (tertiary/aromatic N) is 3. The van der Waals surface area contributed by atoms with Crippen molar-refractivity contribution in [1.29, 1.82) is 0 Å². The zero-order valence-electron chi connectivity index (χ0n) is 24.9. The van der Waals surface area contributed by atoms with Crippen LogP contribution < -0.4 is 15.4 Å². The quantitative estimate of drug-likeness (QED) is 0.575. The van der Waals surface area contributed by atoms with Gasteiger partial charge < -0.3 is 25.0 Å². The van der Waals surface area contributed by atoms with Crippen molar-refractivity contribution in [3.05, 3.63) is 59.9 Å². The molecule has 2 saturated heterocycles. The molecule has 2 N–H and O–H groups in total. The number of nitrogens with one attached hydrogen (secondary N) is 2. The summed E-state index contributed by atoms with van der Waals surface area (Å²) in [5.74, 6) is 0.0410. The molecule has 10 heteroatoms. The fraction of sp³-hybridized carbons (Fsp3) is 0.562. The Morgan fingerprint density at radius 1 is 1.10 bits per heavy atom. The average Bonchev–Trinajstić information content (AvgIpc) is 2.96. The summed E-state index contributed by atoms with van der Waals surface area (Å²) in [6.07, 6.45) is 5.68. The first-order chi connectivity index (χ1) is 20.2. The van der Waals surface area contributed by atoms with Crippen molar-refractivity contribution < 1.29 is 23.9 Å². The van der Waals surface area contributed by atoms with E-state index < -0.39 is 6.04 Å². The number of piperazine rings is 1. The lowest BCUT2D eigenvalue weighted by molar-refractivity contribution is -0.131. The van der Waals surface area contributed by atoms with Crippen LogP contribution >= 0.6 is 0 Å². The van der Waals surface area contributed by atoms with Crippen molar-refractivity contribution in [3.8, 4) is 5.75 Å². The highest BCUT2D eigenvalue weighted by Crippen LogP contribution is 2.27. The van der Waals surface area contributed by atoms with E-state index in [1.807, 2.05) is 51.2 Å². The van der Waals surface area contributed by atoms with Gasteiger partial charge in [0.25, 0.3) is 5.91 Å². The SMILES string of the molecule is CC(C)(C)CC(=O)N[C@@H]1CC[C@H]2CCOc3ccccc3C(=O)N3CCN(Cc4cccnc4)C[C@H]3C(=O)NC[C@H]1O2. The number of pyridine rings is 1. The smallest absolute Gasteiger partial charge is 0.258 e. The number of carbonyl (C=O) groups excluding carboxylic acids is 3. The van der Waals surface area contributed by atoms with Crippen LogP contribution in [0.2, 0.25) is 0 Å². The van der Waals surface area contributed by atoms with Gasteiger partial charge in [-0.15, -0.1) is 0 Å². The van der Waals surface area contributed by atoms with Crippen molar-refractivity contribution in [2.45, 2.75) is 77.3 Å². The molecule has 0 spiro atoms. The molecular formula is C32H43N5O5. The summed E-state index contributed by atoms with van der Waals surface area (Å²) in [5, 5.41) is 6.26. The molecule has 4 atom stereocenters. The van der Waals surface area contributed by atoms with Crippen LogP contribution in [0.25, 0.3) is 0 Å². The molecule has 1 aromatic heterocycles. The number of ether oxygens (including phenoxy) is 2. The molecule has 2 bridgehead atoms. The van der Waals surface area contributed by atoms with Crippen LogP contribution in [0, 0.1) is 5.41 Å². The van der Waals surface area contributed by atoms with Gasteiger partial charge in [0, 0.05) is 58.0 Å². The van der Waals surface area contributed by atoms with Gasteiger partial charge in [0.05, 0.1) is 30.4 Å². The van der Waals surface area contributed by atoms with Crippen LogP contribution in [0.3, 0.4) is 0 Å². The maximum Gasteiger partial charge on any atom is 0.258 e. The monoisotopic (exact) mass is 577 g/mol. The number of rotatable bonds is 4. The van der Waals surface area contributed by atoms with Gasteiger partial charge in [-0.25, -0.2) is 0 Å². The van der Waals surface area contributed by atoms with Crippen molar-refractivity contribution in [2.75, 3.05) is 32.8 Å². The highest BCUT2D eigenvalue weighted by atomic mass is 16.5. The van der Waals surface area contributed by atoms with Gasteiger partial charge in [-0.3, -0.25) is 24.3 Å². The molecule has 0 saturated carbocycles. The van der Waals surface area contributed by atoms with Gasteiger partial charge in [0.15, 0.2) is 0 Å². The third-order valence-corrected chi connectivity index (χ3v) is 8.10. The van der Waals surface area contributed by atoms with E-state index in [-0.39, 0.29) is 47.9 Å². The molecule has 3 aliphatic rings. The van der Waals surface area contributed by atoms with Crippen LogP contribution in [0.5, 0.6) is 5.75 Å². The van der Waals surface area contributed by atoms with Gasteiger partial charge in [-0.2, -0.15) is 0 Å². The second-order valence-corrected chi connectivity index (χ2v) is 12.8. The molecule has 4 heterocycles. The average molecular weight is 578 g/mol. The Hall–Kier alpha value is -3.50. The highest BCUT2D eigenvalue weighted by molar-refractivity contribution is 6.00. The molecule has 10 nitrogen and oxygen atoms in total. The fourth-order valence-electron chi connectivity index (χ4n) is 6.01. The normalized spacial score (nSPS) is 25.7. The minimum atomic E-state index is -0.702. The van der Waals surface area contributed by atoms with Crippen LogP contribution in [-0.2, 0) is 20.9 Å². The molecule has 2 aromatic rings. The Morgan fingerprint density at radius 3 is 2.71 bits per heavy atom. The number of aromatic nitrogens is 1. The summed E-state index contributed by atoms with van der Waals surface area (Å²) in [5.41, 5.74) is 1.37. The molecule has 3 aliphatic heterocycles. The molecule has 1 aromatic carbocycles. The van der Waals surface area contributed by atoms with E-state index in [1.54, 1.807) is 23.2 Å². The number of amides is 3. The molecule has 2 fully saturated rings. The van der Waals surface area contributed by atoms with Crippen LogP contribution in [-0.4, -0.2) is 89.6 Å². The summed E-state index contributed by atoms with van der Waals surface area (Å²) in [7, 11) is 0. The second-order valence-electron chi connectivity index (χ2n) is 12.8. The number of para-hydroxylation sites is 1. The Labute approximate surface area is 248 Å². The molecule has 0 radical (unpaired) electrons. The first-order valence-corrected chi connectivity index (χ1v) is 15.0. The van der Waals surface area contributed by atoms with E-state index >= 15 is 0 Å². The minimum absolute atomic E-state index is 0.0182.